The highest BCUT2D eigenvalue weighted by Gasteiger charge is 2.30. The van der Waals surface area contributed by atoms with Crippen LogP contribution in [0.15, 0.2) is 6.20 Å². The first-order valence-electron chi connectivity index (χ1n) is 4.94. The highest BCUT2D eigenvalue weighted by molar-refractivity contribution is 7.15. The number of aromatic nitrogens is 1. The van der Waals surface area contributed by atoms with Crippen molar-refractivity contribution in [1.82, 2.24) is 15.2 Å². The topological polar surface area (TPSA) is 28.2 Å². The molecule has 0 saturated heterocycles. The Morgan fingerprint density at radius 3 is 2.71 bits per heavy atom. The van der Waals surface area contributed by atoms with Crippen LogP contribution in [0.2, 0.25) is 4.47 Å². The zero-order valence-corrected chi connectivity index (χ0v) is 10.8. The van der Waals surface area contributed by atoms with E-state index in [0.717, 1.165) is 4.88 Å². The predicted octanol–water partition coefficient (Wildman–Crippen LogP) is 2.38. The van der Waals surface area contributed by atoms with Crippen molar-refractivity contribution in [2.24, 2.45) is 0 Å². The molecule has 0 unspecified atom stereocenters. The van der Waals surface area contributed by atoms with E-state index in [1.54, 1.807) is 7.05 Å². The lowest BCUT2D eigenvalue weighted by atomic mass is 10.4. The van der Waals surface area contributed by atoms with E-state index in [0.29, 0.717) is 17.6 Å². The highest BCUT2D eigenvalue weighted by atomic mass is 35.5. The third-order valence-corrected chi connectivity index (χ3v) is 3.09. The lowest BCUT2D eigenvalue weighted by molar-refractivity contribution is -0.146. The van der Waals surface area contributed by atoms with E-state index in [9.17, 15) is 13.2 Å². The van der Waals surface area contributed by atoms with Gasteiger partial charge in [0.15, 0.2) is 4.47 Å². The van der Waals surface area contributed by atoms with Crippen molar-refractivity contribution in [2.45, 2.75) is 12.7 Å². The molecule has 0 aromatic carbocycles. The summed E-state index contributed by atoms with van der Waals surface area (Å²) in [6.45, 7) is 0.115. The summed E-state index contributed by atoms with van der Waals surface area (Å²) in [6, 6.07) is 0. The van der Waals surface area contributed by atoms with E-state index in [2.05, 4.69) is 10.3 Å². The zero-order chi connectivity index (χ0) is 12.9. The normalized spacial score (nSPS) is 12.4. The van der Waals surface area contributed by atoms with E-state index in [-0.39, 0.29) is 6.54 Å². The lowest BCUT2D eigenvalue weighted by Crippen LogP contribution is -2.37. The van der Waals surface area contributed by atoms with Crippen molar-refractivity contribution in [3.63, 3.8) is 0 Å². The molecule has 0 saturated carbocycles. The number of nitrogens with one attached hydrogen (secondary N) is 1. The van der Waals surface area contributed by atoms with Crippen LogP contribution in [0, 0.1) is 0 Å². The smallest absolute Gasteiger partial charge is 0.318 e. The molecule has 1 aromatic rings. The molecule has 98 valence electrons. The van der Waals surface area contributed by atoms with Gasteiger partial charge in [0.2, 0.25) is 0 Å². The Kier molecular flexibility index (Phi) is 5.64. The van der Waals surface area contributed by atoms with Gasteiger partial charge in [0.1, 0.15) is 0 Å². The highest BCUT2D eigenvalue weighted by Crippen LogP contribution is 2.22. The fourth-order valence-corrected chi connectivity index (χ4v) is 2.33. The average molecular weight is 288 g/mol. The summed E-state index contributed by atoms with van der Waals surface area (Å²) in [4.78, 5) is 5.86. The Hall–Kier alpha value is -0.370. The maximum atomic E-state index is 12.3. The number of alkyl halides is 3. The van der Waals surface area contributed by atoms with Crippen LogP contribution in [0.4, 0.5) is 13.2 Å². The van der Waals surface area contributed by atoms with Gasteiger partial charge in [-0.1, -0.05) is 11.6 Å². The summed E-state index contributed by atoms with van der Waals surface area (Å²) in [6.07, 6.45) is -2.68. The van der Waals surface area contributed by atoms with Gasteiger partial charge >= 0.3 is 6.18 Å². The second-order valence-corrected chi connectivity index (χ2v) is 5.21. The van der Waals surface area contributed by atoms with Crippen LogP contribution >= 0.6 is 22.9 Å². The summed E-state index contributed by atoms with van der Waals surface area (Å²) in [7, 11) is 1.70. The van der Waals surface area contributed by atoms with Crippen molar-refractivity contribution >= 4 is 22.9 Å². The van der Waals surface area contributed by atoms with Gasteiger partial charge < -0.3 is 5.32 Å². The summed E-state index contributed by atoms with van der Waals surface area (Å²) < 4.78 is 37.4. The minimum Gasteiger partial charge on any atom is -0.318 e. The molecule has 8 heteroatoms. The summed E-state index contributed by atoms with van der Waals surface area (Å²) in [5, 5.41) is 2.83. The average Bonchev–Trinajstić information content (AvgIpc) is 2.58. The molecule has 0 aliphatic rings. The van der Waals surface area contributed by atoms with E-state index < -0.39 is 12.7 Å². The third-order valence-electron chi connectivity index (χ3n) is 1.99. The first kappa shape index (κ1) is 14.7. The molecule has 0 aliphatic heterocycles. The van der Waals surface area contributed by atoms with E-state index >= 15 is 0 Å². The fraction of sp³-hybridized carbons (Fsp3) is 0.667. The Morgan fingerprint density at radius 2 is 2.24 bits per heavy atom. The molecule has 1 heterocycles. The number of halogens is 4. The molecule has 3 nitrogen and oxygen atoms in total. The number of likely N-dealkylation sites (N-methyl/N-ethyl adjacent to an activating group) is 1. The van der Waals surface area contributed by atoms with Gasteiger partial charge in [-0.05, 0) is 7.05 Å². The number of nitrogens with zero attached hydrogens (tertiary/aromatic N) is 2. The van der Waals surface area contributed by atoms with Gasteiger partial charge in [-0.15, -0.1) is 11.3 Å². The molecule has 0 bridgehead atoms. The number of hydrogen-bond acceptors (Lipinski definition) is 4. The zero-order valence-electron chi connectivity index (χ0n) is 9.22. The molecule has 17 heavy (non-hydrogen) atoms. The van der Waals surface area contributed by atoms with Gasteiger partial charge in [0.25, 0.3) is 0 Å². The Bertz CT molecular complexity index is 342. The minimum atomic E-state index is -4.19. The number of rotatable bonds is 6. The van der Waals surface area contributed by atoms with Crippen LogP contribution in [-0.2, 0) is 6.54 Å². The van der Waals surface area contributed by atoms with Crippen LogP contribution in [0.5, 0.6) is 0 Å². The van der Waals surface area contributed by atoms with E-state index in [1.807, 2.05) is 0 Å². The fourth-order valence-electron chi connectivity index (χ4n) is 1.31. The second-order valence-electron chi connectivity index (χ2n) is 3.51. The molecule has 1 rings (SSSR count). The van der Waals surface area contributed by atoms with Crippen molar-refractivity contribution < 1.29 is 13.2 Å². The summed E-state index contributed by atoms with van der Waals surface area (Å²) in [5.41, 5.74) is 0. The van der Waals surface area contributed by atoms with Crippen molar-refractivity contribution in [1.29, 1.82) is 0 Å². The van der Waals surface area contributed by atoms with E-state index in [4.69, 9.17) is 11.6 Å². The van der Waals surface area contributed by atoms with Crippen molar-refractivity contribution in [3.05, 3.63) is 15.5 Å². The first-order chi connectivity index (χ1) is 7.90. The minimum absolute atomic E-state index is 0.214. The Labute approximate surface area is 107 Å². The molecule has 0 amide bonds. The first-order valence-corrected chi connectivity index (χ1v) is 6.14. The summed E-state index contributed by atoms with van der Waals surface area (Å²) in [5.74, 6) is 0. The molecule has 1 N–H and O–H groups in total. The van der Waals surface area contributed by atoms with Crippen molar-refractivity contribution in [3.8, 4) is 0 Å². The quantitative estimate of drug-likeness (QED) is 0.871. The molecule has 0 radical (unpaired) electrons. The molecule has 0 spiro atoms. The lowest BCUT2D eigenvalue weighted by Gasteiger charge is -2.22. The van der Waals surface area contributed by atoms with Gasteiger partial charge in [-0.25, -0.2) is 4.98 Å². The molecular formula is C9H13ClF3N3S. The van der Waals surface area contributed by atoms with Gasteiger partial charge in [0.05, 0.1) is 6.54 Å². The molecular weight excluding hydrogens is 275 g/mol. The van der Waals surface area contributed by atoms with E-state index in [1.165, 1.54) is 22.4 Å². The molecule has 0 aliphatic carbocycles. The standard InChI is InChI=1S/C9H13ClF3N3S/c1-14-2-3-16(6-9(11,12)13)5-7-4-15-8(10)17-7/h4,14H,2-3,5-6H2,1H3. The van der Waals surface area contributed by atoms with Gasteiger partial charge in [-0.3, -0.25) is 4.90 Å². The Morgan fingerprint density at radius 1 is 1.53 bits per heavy atom. The van der Waals surface area contributed by atoms with Crippen LogP contribution in [0.1, 0.15) is 4.88 Å². The predicted molar refractivity (Wildman–Crippen MR) is 62.4 cm³/mol. The molecule has 0 atom stereocenters. The maximum absolute atomic E-state index is 12.3. The SMILES string of the molecule is CNCCN(Cc1cnc(Cl)s1)CC(F)(F)F. The number of hydrogen-bond donors (Lipinski definition) is 1. The largest absolute Gasteiger partial charge is 0.401 e. The maximum Gasteiger partial charge on any atom is 0.401 e. The van der Waals surface area contributed by atoms with Crippen LogP contribution in [0.3, 0.4) is 0 Å². The van der Waals surface area contributed by atoms with Crippen LogP contribution in [-0.4, -0.2) is 42.7 Å². The Balaban J connectivity index is 2.56. The summed E-state index contributed by atoms with van der Waals surface area (Å²) >= 11 is 6.84. The third kappa shape index (κ3) is 6.21. The van der Waals surface area contributed by atoms with Crippen LogP contribution < -0.4 is 5.32 Å². The van der Waals surface area contributed by atoms with Crippen molar-refractivity contribution in [2.75, 3.05) is 26.7 Å². The van der Waals surface area contributed by atoms with Crippen LogP contribution in [0.25, 0.3) is 0 Å². The van der Waals surface area contributed by atoms with Gasteiger partial charge in [-0.2, -0.15) is 13.2 Å². The number of thiazole rings is 1. The molecule has 1 aromatic heterocycles. The second kappa shape index (κ2) is 6.53. The molecule has 0 fully saturated rings. The monoisotopic (exact) mass is 287 g/mol. The van der Waals surface area contributed by atoms with Gasteiger partial charge in [0, 0.05) is 30.7 Å².